The first-order chi connectivity index (χ1) is 17.0. The zero-order chi connectivity index (χ0) is 24.4. The monoisotopic (exact) mass is 469 g/mol. The zero-order valence-corrected chi connectivity index (χ0v) is 19.7. The molecule has 8 heteroatoms. The molecule has 3 N–H and O–H groups in total. The molecule has 0 atom stereocenters. The molecule has 0 spiro atoms. The van der Waals surface area contributed by atoms with Crippen molar-refractivity contribution in [1.82, 2.24) is 19.9 Å². The topological polar surface area (TPSA) is 107 Å². The molecule has 0 amide bonds. The zero-order valence-electron chi connectivity index (χ0n) is 19.7. The van der Waals surface area contributed by atoms with Crippen molar-refractivity contribution in [3.63, 3.8) is 0 Å². The van der Waals surface area contributed by atoms with Gasteiger partial charge in [-0.1, -0.05) is 17.3 Å². The Morgan fingerprint density at radius 1 is 1.03 bits per heavy atom. The highest BCUT2D eigenvalue weighted by molar-refractivity contribution is 6.04. The Kier molecular flexibility index (Phi) is 6.20. The smallest absolute Gasteiger partial charge is 0.247 e. The normalized spacial score (nSPS) is 14.0. The Labute approximate surface area is 202 Å². The molecule has 0 saturated carbocycles. The van der Waals surface area contributed by atoms with Crippen LogP contribution >= 0.6 is 0 Å². The Morgan fingerprint density at radius 3 is 2.51 bits per heavy atom. The minimum absolute atomic E-state index is 0.163. The van der Waals surface area contributed by atoms with Gasteiger partial charge in [0.15, 0.2) is 0 Å². The fourth-order valence-electron chi connectivity index (χ4n) is 4.27. The molecule has 35 heavy (non-hydrogen) atoms. The van der Waals surface area contributed by atoms with Gasteiger partial charge in [0.2, 0.25) is 5.56 Å². The highest BCUT2D eigenvalue weighted by Crippen LogP contribution is 2.35. The van der Waals surface area contributed by atoms with E-state index >= 15 is 0 Å². The van der Waals surface area contributed by atoms with Gasteiger partial charge in [-0.15, -0.1) is 0 Å². The molecule has 5 rings (SSSR count). The molecule has 0 fully saturated rings. The number of rotatable bonds is 7. The summed E-state index contributed by atoms with van der Waals surface area (Å²) < 4.78 is 5.81. The number of oxime groups is 1. The summed E-state index contributed by atoms with van der Waals surface area (Å²) >= 11 is 0. The van der Waals surface area contributed by atoms with Gasteiger partial charge < -0.3 is 24.8 Å². The number of aromatic nitrogens is 3. The standard InChI is InChI=1S/C27H27N5O3/c1-32(2)13-14-35-21-8-3-17(4-9-21)27-29-25(26(30-27)20-7-12-24(33)28-16-20)19-5-10-22-18(15-19)6-11-23(22)31-34/h3-5,7-10,12,15-16,34H,6,11,13-14H2,1-2H3,(H,28,33)(H,29,30)/b31-23+. The first-order valence-electron chi connectivity index (χ1n) is 11.5. The molecule has 0 unspecified atom stereocenters. The number of pyridine rings is 1. The molecule has 0 bridgehead atoms. The van der Waals surface area contributed by atoms with E-state index in [1.807, 2.05) is 50.5 Å². The lowest BCUT2D eigenvalue weighted by molar-refractivity contribution is 0.261. The fraction of sp³-hybridized carbons (Fsp3) is 0.222. The summed E-state index contributed by atoms with van der Waals surface area (Å²) in [4.78, 5) is 24.9. The van der Waals surface area contributed by atoms with Gasteiger partial charge in [-0.3, -0.25) is 4.79 Å². The summed E-state index contributed by atoms with van der Waals surface area (Å²) in [5.41, 5.74) is 6.99. The molecule has 8 nitrogen and oxygen atoms in total. The Balaban J connectivity index is 1.52. The number of benzene rings is 2. The van der Waals surface area contributed by atoms with Crippen LogP contribution in [0.3, 0.4) is 0 Å². The van der Waals surface area contributed by atoms with Crippen LogP contribution in [0.2, 0.25) is 0 Å². The summed E-state index contributed by atoms with van der Waals surface area (Å²) in [7, 11) is 4.03. The van der Waals surface area contributed by atoms with E-state index in [-0.39, 0.29) is 5.56 Å². The maximum Gasteiger partial charge on any atom is 0.247 e. The number of ether oxygens (including phenoxy) is 1. The van der Waals surface area contributed by atoms with Crippen molar-refractivity contribution < 1.29 is 9.94 Å². The first kappa shape index (κ1) is 22.6. The van der Waals surface area contributed by atoms with E-state index in [0.29, 0.717) is 12.3 Å². The van der Waals surface area contributed by atoms with Crippen LogP contribution in [-0.2, 0) is 6.42 Å². The average Bonchev–Trinajstić information content (AvgIpc) is 3.49. The van der Waals surface area contributed by atoms with Gasteiger partial charge in [-0.25, -0.2) is 4.98 Å². The van der Waals surface area contributed by atoms with Gasteiger partial charge in [-0.05, 0) is 68.9 Å². The van der Waals surface area contributed by atoms with Gasteiger partial charge in [-0.2, -0.15) is 0 Å². The number of imidazole rings is 1. The summed E-state index contributed by atoms with van der Waals surface area (Å²) in [6.07, 6.45) is 3.23. The van der Waals surface area contributed by atoms with Gasteiger partial charge in [0.25, 0.3) is 0 Å². The molecule has 2 aromatic carbocycles. The van der Waals surface area contributed by atoms with Gasteiger partial charge >= 0.3 is 0 Å². The summed E-state index contributed by atoms with van der Waals surface area (Å²) in [5.74, 6) is 1.53. The highest BCUT2D eigenvalue weighted by Gasteiger charge is 2.21. The molecule has 1 aliphatic carbocycles. The fourth-order valence-corrected chi connectivity index (χ4v) is 4.27. The number of aromatic amines is 2. The second-order valence-corrected chi connectivity index (χ2v) is 8.85. The minimum atomic E-state index is -0.163. The van der Waals surface area contributed by atoms with Crippen LogP contribution in [0.25, 0.3) is 33.9 Å². The SMILES string of the molecule is CN(C)CCOc1ccc(-c2nc(-c3ccc(=O)[nH]c3)c(-c3ccc4c(c3)CC/C4=N\O)[nH]2)cc1. The van der Waals surface area contributed by atoms with Crippen molar-refractivity contribution in [3.8, 4) is 39.7 Å². The molecule has 4 aromatic rings. The van der Waals surface area contributed by atoms with Gasteiger partial charge in [0, 0.05) is 41.1 Å². The van der Waals surface area contributed by atoms with E-state index in [4.69, 9.17) is 9.72 Å². The van der Waals surface area contributed by atoms with E-state index in [1.54, 1.807) is 12.3 Å². The molecule has 0 aliphatic heterocycles. The maximum absolute atomic E-state index is 11.6. The van der Waals surface area contributed by atoms with Crippen LogP contribution < -0.4 is 10.3 Å². The second-order valence-electron chi connectivity index (χ2n) is 8.85. The second kappa shape index (κ2) is 9.60. The van der Waals surface area contributed by atoms with Gasteiger partial charge in [0.1, 0.15) is 18.2 Å². The summed E-state index contributed by atoms with van der Waals surface area (Å²) in [6.45, 7) is 1.47. The van der Waals surface area contributed by atoms with Crippen LogP contribution in [-0.4, -0.2) is 58.0 Å². The maximum atomic E-state index is 11.6. The van der Waals surface area contributed by atoms with Crippen molar-refractivity contribution in [2.45, 2.75) is 12.8 Å². The minimum Gasteiger partial charge on any atom is -0.492 e. The molecule has 178 valence electrons. The summed E-state index contributed by atoms with van der Waals surface area (Å²) in [6, 6.07) is 17.2. The third kappa shape index (κ3) is 4.74. The van der Waals surface area contributed by atoms with Crippen molar-refractivity contribution >= 4 is 5.71 Å². The Morgan fingerprint density at radius 2 is 1.80 bits per heavy atom. The molecule has 2 aromatic heterocycles. The number of H-pyrrole nitrogens is 2. The Hall–Kier alpha value is -4.17. The molecule has 0 saturated heterocycles. The molecule has 0 radical (unpaired) electrons. The van der Waals surface area contributed by atoms with E-state index in [0.717, 1.165) is 70.2 Å². The largest absolute Gasteiger partial charge is 0.492 e. The van der Waals surface area contributed by atoms with E-state index in [1.165, 1.54) is 6.07 Å². The predicted octanol–water partition coefficient (Wildman–Crippen LogP) is 4.16. The average molecular weight is 470 g/mol. The molecule has 1 aliphatic rings. The van der Waals surface area contributed by atoms with Crippen molar-refractivity contribution in [1.29, 1.82) is 0 Å². The van der Waals surface area contributed by atoms with Crippen LogP contribution in [0.5, 0.6) is 5.75 Å². The lowest BCUT2D eigenvalue weighted by atomic mass is 10.0. The van der Waals surface area contributed by atoms with Crippen molar-refractivity contribution in [3.05, 3.63) is 82.3 Å². The van der Waals surface area contributed by atoms with E-state index in [2.05, 4.69) is 26.1 Å². The molecular formula is C27H27N5O3. The van der Waals surface area contributed by atoms with Crippen molar-refractivity contribution in [2.24, 2.45) is 5.16 Å². The number of likely N-dealkylation sites (N-methyl/N-ethyl adjacent to an activating group) is 1. The Bertz CT molecular complexity index is 1410. The highest BCUT2D eigenvalue weighted by atomic mass is 16.5. The van der Waals surface area contributed by atoms with Crippen LogP contribution in [0, 0.1) is 0 Å². The predicted molar refractivity (Wildman–Crippen MR) is 136 cm³/mol. The number of fused-ring (bicyclic) bond motifs is 1. The first-order valence-corrected chi connectivity index (χ1v) is 11.5. The number of nitrogens with one attached hydrogen (secondary N) is 2. The summed E-state index contributed by atoms with van der Waals surface area (Å²) in [5, 5.41) is 12.7. The van der Waals surface area contributed by atoms with E-state index in [9.17, 15) is 10.0 Å². The number of aryl methyl sites for hydroxylation is 1. The molecule has 2 heterocycles. The van der Waals surface area contributed by atoms with Crippen LogP contribution in [0.4, 0.5) is 0 Å². The van der Waals surface area contributed by atoms with Crippen molar-refractivity contribution in [2.75, 3.05) is 27.2 Å². The lowest BCUT2D eigenvalue weighted by Gasteiger charge is -2.11. The van der Waals surface area contributed by atoms with Gasteiger partial charge in [0.05, 0.1) is 17.1 Å². The lowest BCUT2D eigenvalue weighted by Crippen LogP contribution is -2.19. The third-order valence-corrected chi connectivity index (χ3v) is 6.15. The number of hydrogen-bond donors (Lipinski definition) is 3. The van der Waals surface area contributed by atoms with E-state index < -0.39 is 0 Å². The van der Waals surface area contributed by atoms with Crippen LogP contribution in [0.1, 0.15) is 17.5 Å². The van der Waals surface area contributed by atoms with Crippen LogP contribution in [0.15, 0.2) is 70.7 Å². The quantitative estimate of drug-likeness (QED) is 0.278. The third-order valence-electron chi connectivity index (χ3n) is 6.15. The molecular weight excluding hydrogens is 442 g/mol. The number of hydrogen-bond acceptors (Lipinski definition) is 6. The number of nitrogens with zero attached hydrogens (tertiary/aromatic N) is 3.